The summed E-state index contributed by atoms with van der Waals surface area (Å²) < 4.78 is 5.50. The first kappa shape index (κ1) is 30.5. The molecule has 11 heteroatoms. The van der Waals surface area contributed by atoms with E-state index in [4.69, 9.17) is 9.84 Å². The molecular formula is C27H30N6O4W. The molecule has 0 aliphatic carbocycles. The van der Waals surface area contributed by atoms with Gasteiger partial charge >= 0.3 is 21.1 Å². The molecule has 0 radical (unpaired) electrons. The van der Waals surface area contributed by atoms with Gasteiger partial charge in [0, 0.05) is 37.9 Å². The van der Waals surface area contributed by atoms with Gasteiger partial charge in [0.1, 0.15) is 18.3 Å². The van der Waals surface area contributed by atoms with E-state index >= 15 is 0 Å². The van der Waals surface area contributed by atoms with E-state index in [0.717, 1.165) is 22.6 Å². The number of nitrogens with zero attached hydrogens (tertiary/aromatic N) is 4. The average molecular weight is 686 g/mol. The van der Waals surface area contributed by atoms with Crippen LogP contribution in [0.25, 0.3) is 0 Å². The Balaban J connectivity index is 0.000000356. The predicted octanol–water partition coefficient (Wildman–Crippen LogP) is 2.59. The number of anilines is 4. The number of methoxy groups -OCH3 is 1. The minimum absolute atomic E-state index is 0. The molecule has 1 aliphatic rings. The summed E-state index contributed by atoms with van der Waals surface area (Å²) in [5.41, 5.74) is 3.39. The molecule has 2 heterocycles. The largest absolute Gasteiger partial charge is 2.00 e. The van der Waals surface area contributed by atoms with Gasteiger partial charge in [-0.15, -0.1) is 11.6 Å². The zero-order chi connectivity index (χ0) is 26.6. The van der Waals surface area contributed by atoms with Crippen LogP contribution in [0.1, 0.15) is 5.56 Å². The van der Waals surface area contributed by atoms with Crippen molar-refractivity contribution in [1.82, 2.24) is 14.9 Å². The second-order valence-electron chi connectivity index (χ2n) is 8.01. The Morgan fingerprint density at radius 1 is 1.24 bits per heavy atom. The number of hydrogen-bond donors (Lipinski definition) is 3. The molecule has 1 saturated heterocycles. The first-order valence-corrected chi connectivity index (χ1v) is 11.6. The van der Waals surface area contributed by atoms with Crippen LogP contribution < -0.4 is 20.3 Å². The first-order valence-electron chi connectivity index (χ1n) is 11.6. The standard InChI is InChI=1S/C18H22N5O3.C9H8NO.W/c1-13-10-19-18(20-11-13)21-15-4-3-14(9-16(15)26-2)22-5-7-23(8-6-22)17(25)12-24;1-2-9(11)10-8-6-4-3-5-7-8;/h3-4,9-10,24H,5-8,12H2,1-2H3,(H,19,20,21);2-4,6-7H,1H2,(H,10,11);/q2*-1;+2. The molecule has 3 N–H and O–H groups in total. The molecule has 2 amide bonds. The van der Waals surface area contributed by atoms with Crippen molar-refractivity contribution < 1.29 is 40.5 Å². The van der Waals surface area contributed by atoms with E-state index < -0.39 is 6.61 Å². The van der Waals surface area contributed by atoms with Crippen LogP contribution in [-0.4, -0.2) is 71.7 Å². The van der Waals surface area contributed by atoms with Gasteiger partial charge in [-0.25, -0.2) is 0 Å². The average Bonchev–Trinajstić information content (AvgIpc) is 2.95. The molecule has 1 aromatic heterocycles. The number of ether oxygens (including phenoxy) is 1. The van der Waals surface area contributed by atoms with E-state index in [1.54, 1.807) is 42.5 Å². The Labute approximate surface area is 237 Å². The molecule has 0 atom stereocenters. The molecule has 0 bridgehead atoms. The van der Waals surface area contributed by atoms with Crippen molar-refractivity contribution >= 4 is 34.8 Å². The van der Waals surface area contributed by atoms with Crippen LogP contribution in [0, 0.1) is 19.2 Å². The molecular weight excluding hydrogens is 656 g/mol. The Morgan fingerprint density at radius 3 is 2.58 bits per heavy atom. The summed E-state index contributed by atoms with van der Waals surface area (Å²) in [5, 5.41) is 14.7. The fourth-order valence-corrected chi connectivity index (χ4v) is 3.50. The molecule has 10 nitrogen and oxygen atoms in total. The van der Waals surface area contributed by atoms with Gasteiger partial charge in [0.05, 0.1) is 12.8 Å². The van der Waals surface area contributed by atoms with Gasteiger partial charge in [-0.05, 0) is 18.2 Å². The summed E-state index contributed by atoms with van der Waals surface area (Å²) >= 11 is 0. The van der Waals surface area contributed by atoms with E-state index in [9.17, 15) is 9.59 Å². The smallest absolute Gasteiger partial charge is 0.495 e. The fraction of sp³-hybridized carbons (Fsp3) is 0.259. The summed E-state index contributed by atoms with van der Waals surface area (Å²) in [4.78, 5) is 34.5. The molecule has 0 unspecified atom stereocenters. The number of amides is 2. The maximum Gasteiger partial charge on any atom is 2.00 e. The number of hydrogen-bond acceptors (Lipinski definition) is 8. The molecule has 0 saturated carbocycles. The maximum absolute atomic E-state index is 11.6. The molecule has 2 aromatic carbocycles. The second kappa shape index (κ2) is 15.5. The van der Waals surface area contributed by atoms with Crippen molar-refractivity contribution in [2.45, 2.75) is 6.92 Å². The number of carbonyl (C=O) groups excluding carboxylic acids is 2. The van der Waals surface area contributed by atoms with Crippen LogP contribution in [0.4, 0.5) is 23.0 Å². The Bertz CT molecular complexity index is 1190. The zero-order valence-corrected chi connectivity index (χ0v) is 24.2. The topological polar surface area (TPSA) is 120 Å². The van der Waals surface area contributed by atoms with E-state index in [1.807, 2.05) is 25.1 Å². The Kier molecular flexibility index (Phi) is 12.4. The third kappa shape index (κ3) is 8.97. The number of nitrogens with one attached hydrogen (secondary N) is 2. The van der Waals surface area contributed by atoms with E-state index in [-0.39, 0.29) is 32.9 Å². The molecule has 1 aliphatic heterocycles. The summed E-state index contributed by atoms with van der Waals surface area (Å²) in [6, 6.07) is 15.8. The first-order chi connectivity index (χ1) is 17.9. The molecule has 4 rings (SSSR count). The number of rotatable bonds is 7. The summed E-state index contributed by atoms with van der Waals surface area (Å²) in [5.74, 6) is 0.708. The Hall–Kier alpha value is -3.75. The number of aliphatic hydroxyl groups is 1. The third-order valence-corrected chi connectivity index (χ3v) is 5.44. The zero-order valence-electron chi connectivity index (χ0n) is 21.3. The SMILES string of the molecule is C=CC(=O)Nc1c[c-]ccc1.COc1cc(N2CCN(C(=O)CO)CC2)ccc1Nc1n[c-]c(C)cn1.[W+2]. The number of aliphatic hydroxyl groups excluding tert-OH is 1. The number of benzene rings is 2. The van der Waals surface area contributed by atoms with Crippen LogP contribution in [0.15, 0.2) is 61.3 Å². The van der Waals surface area contributed by atoms with Gasteiger partial charge in [0.15, 0.2) is 0 Å². The van der Waals surface area contributed by atoms with Crippen molar-refractivity contribution in [2.75, 3.05) is 55.4 Å². The number of piperazine rings is 1. The van der Waals surface area contributed by atoms with Gasteiger partial charge in [0.25, 0.3) is 0 Å². The van der Waals surface area contributed by atoms with Gasteiger partial charge < -0.3 is 40.2 Å². The van der Waals surface area contributed by atoms with Crippen LogP contribution in [0.3, 0.4) is 0 Å². The van der Waals surface area contributed by atoms with Crippen molar-refractivity contribution in [3.8, 4) is 5.75 Å². The van der Waals surface area contributed by atoms with Crippen molar-refractivity contribution in [1.29, 1.82) is 0 Å². The molecule has 38 heavy (non-hydrogen) atoms. The molecule has 3 aromatic rings. The number of carbonyl (C=O) groups is 2. The van der Waals surface area contributed by atoms with Crippen molar-refractivity contribution in [2.24, 2.45) is 0 Å². The number of aryl methyl sites for hydroxylation is 1. The third-order valence-electron chi connectivity index (χ3n) is 5.44. The van der Waals surface area contributed by atoms with Crippen LogP contribution in [0.5, 0.6) is 5.75 Å². The molecule has 198 valence electrons. The Morgan fingerprint density at radius 2 is 2.00 bits per heavy atom. The summed E-state index contributed by atoms with van der Waals surface area (Å²) in [7, 11) is 1.62. The monoisotopic (exact) mass is 686 g/mol. The second-order valence-corrected chi connectivity index (χ2v) is 8.01. The van der Waals surface area contributed by atoms with E-state index in [0.29, 0.717) is 37.9 Å². The molecule has 0 spiro atoms. The van der Waals surface area contributed by atoms with E-state index in [2.05, 4.69) is 44.3 Å². The quantitative estimate of drug-likeness (QED) is 0.257. The number of aromatic nitrogens is 2. The van der Waals surface area contributed by atoms with Crippen LogP contribution in [-0.2, 0) is 30.7 Å². The van der Waals surface area contributed by atoms with E-state index in [1.165, 1.54) is 6.08 Å². The fourth-order valence-electron chi connectivity index (χ4n) is 3.50. The van der Waals surface area contributed by atoms with Crippen molar-refractivity contribution in [3.05, 3.63) is 79.1 Å². The van der Waals surface area contributed by atoms with Gasteiger partial charge in [0.2, 0.25) is 11.8 Å². The van der Waals surface area contributed by atoms with Gasteiger partial charge in [-0.3, -0.25) is 9.59 Å². The van der Waals surface area contributed by atoms with Gasteiger partial charge in [-0.2, -0.15) is 24.3 Å². The minimum atomic E-state index is -0.438. The molecule has 1 fully saturated rings. The van der Waals surface area contributed by atoms with Crippen molar-refractivity contribution in [3.63, 3.8) is 0 Å². The minimum Gasteiger partial charge on any atom is -0.495 e. The van der Waals surface area contributed by atoms with Crippen LogP contribution in [0.2, 0.25) is 0 Å². The summed E-state index contributed by atoms with van der Waals surface area (Å²) in [6.45, 7) is 7.37. The summed E-state index contributed by atoms with van der Waals surface area (Å²) in [6.07, 6.45) is 5.79. The predicted molar refractivity (Wildman–Crippen MR) is 142 cm³/mol. The van der Waals surface area contributed by atoms with Crippen LogP contribution >= 0.6 is 0 Å². The van der Waals surface area contributed by atoms with Gasteiger partial charge in [-0.1, -0.05) is 31.6 Å². The normalized spacial score (nSPS) is 12.3. The maximum atomic E-state index is 11.6.